The molecule has 0 spiro atoms. The number of benzene rings is 1. The Bertz CT molecular complexity index is 1170. The molecule has 0 N–H and O–H groups in total. The van der Waals surface area contributed by atoms with Crippen LogP contribution in [0.5, 0.6) is 0 Å². The summed E-state index contributed by atoms with van der Waals surface area (Å²) in [6.07, 6.45) is 0.516. The lowest BCUT2D eigenvalue weighted by molar-refractivity contribution is 0.0704. The molecule has 10 heteroatoms. The number of hydrogen-bond donors (Lipinski definition) is 0. The molecule has 144 valence electrons. The average Bonchev–Trinajstić information content (AvgIpc) is 3.29. The smallest absolute Gasteiger partial charge is 0.296 e. The zero-order chi connectivity index (χ0) is 19.3. The SMILES string of the molecule is FC(F)c1nc2ccccc2n1-c1nc(Cl)nc2c1ncn2C1CCOCC1. The Morgan fingerprint density at radius 3 is 2.68 bits per heavy atom. The molecule has 0 unspecified atom stereocenters. The number of ether oxygens (including phenoxy) is 1. The molecular formula is C18H15ClF2N6O. The second-order valence-electron chi connectivity index (χ2n) is 6.58. The highest BCUT2D eigenvalue weighted by Gasteiger charge is 2.26. The van der Waals surface area contributed by atoms with Gasteiger partial charge in [-0.3, -0.25) is 4.57 Å². The van der Waals surface area contributed by atoms with E-state index in [-0.39, 0.29) is 17.1 Å². The molecular weight excluding hydrogens is 390 g/mol. The Kier molecular flexibility index (Phi) is 4.21. The van der Waals surface area contributed by atoms with Gasteiger partial charge in [0.05, 0.1) is 17.4 Å². The van der Waals surface area contributed by atoms with E-state index in [4.69, 9.17) is 16.3 Å². The predicted octanol–water partition coefficient (Wildman–Crippen LogP) is 4.11. The third kappa shape index (κ3) is 2.73. The van der Waals surface area contributed by atoms with E-state index in [1.54, 1.807) is 30.6 Å². The van der Waals surface area contributed by atoms with Crippen LogP contribution in [-0.2, 0) is 4.74 Å². The standard InChI is InChI=1S/C18H15ClF2N6O/c19-18-24-15-13(22-9-26(15)10-5-7-28-8-6-10)16(25-18)27-12-4-2-1-3-11(12)23-17(27)14(20)21/h1-4,9-10,14H,5-8H2. The molecule has 5 rings (SSSR count). The molecule has 3 aromatic heterocycles. The highest BCUT2D eigenvalue weighted by atomic mass is 35.5. The minimum atomic E-state index is -2.78. The van der Waals surface area contributed by atoms with Crippen molar-refractivity contribution in [1.29, 1.82) is 0 Å². The molecule has 4 aromatic rings. The molecule has 0 saturated carbocycles. The summed E-state index contributed by atoms with van der Waals surface area (Å²) in [5, 5.41) is -0.0330. The van der Waals surface area contributed by atoms with Crippen LogP contribution in [0.25, 0.3) is 28.0 Å². The van der Waals surface area contributed by atoms with Gasteiger partial charge >= 0.3 is 0 Å². The number of fused-ring (bicyclic) bond motifs is 2. The monoisotopic (exact) mass is 404 g/mol. The Balaban J connectivity index is 1.77. The lowest BCUT2D eigenvalue weighted by Gasteiger charge is -2.23. The fourth-order valence-electron chi connectivity index (χ4n) is 3.68. The molecule has 1 fully saturated rings. The van der Waals surface area contributed by atoms with Crippen molar-refractivity contribution in [3.8, 4) is 5.82 Å². The molecule has 1 aromatic carbocycles. The van der Waals surface area contributed by atoms with Crippen LogP contribution in [0, 0.1) is 0 Å². The molecule has 1 saturated heterocycles. The summed E-state index contributed by atoms with van der Waals surface area (Å²) in [5.41, 5.74) is 1.87. The lowest BCUT2D eigenvalue weighted by Crippen LogP contribution is -2.19. The quantitative estimate of drug-likeness (QED) is 0.480. The van der Waals surface area contributed by atoms with Gasteiger partial charge < -0.3 is 9.30 Å². The van der Waals surface area contributed by atoms with Crippen LogP contribution in [0.1, 0.15) is 31.1 Å². The summed E-state index contributed by atoms with van der Waals surface area (Å²) in [4.78, 5) is 17.1. The second kappa shape index (κ2) is 6.75. The third-order valence-electron chi connectivity index (χ3n) is 4.95. The molecule has 1 aliphatic rings. The first-order valence-corrected chi connectivity index (χ1v) is 9.25. The van der Waals surface area contributed by atoms with Crippen molar-refractivity contribution >= 4 is 33.8 Å². The fourth-order valence-corrected chi connectivity index (χ4v) is 3.84. The highest BCUT2D eigenvalue weighted by molar-refractivity contribution is 6.28. The van der Waals surface area contributed by atoms with E-state index in [1.165, 1.54) is 4.57 Å². The van der Waals surface area contributed by atoms with Crippen molar-refractivity contribution in [2.45, 2.75) is 25.3 Å². The zero-order valence-electron chi connectivity index (χ0n) is 14.6. The number of para-hydroxylation sites is 2. The molecule has 0 radical (unpaired) electrons. The first-order chi connectivity index (χ1) is 13.6. The van der Waals surface area contributed by atoms with Crippen LogP contribution in [0.2, 0.25) is 5.28 Å². The second-order valence-corrected chi connectivity index (χ2v) is 6.92. The number of rotatable bonds is 3. The largest absolute Gasteiger partial charge is 0.381 e. The van der Waals surface area contributed by atoms with Crippen LogP contribution >= 0.6 is 11.6 Å². The molecule has 28 heavy (non-hydrogen) atoms. The van der Waals surface area contributed by atoms with E-state index in [0.29, 0.717) is 35.4 Å². The molecule has 1 aliphatic heterocycles. The Hall–Kier alpha value is -2.65. The molecule has 0 bridgehead atoms. The van der Waals surface area contributed by atoms with E-state index in [2.05, 4.69) is 19.9 Å². The maximum Gasteiger partial charge on any atom is 0.296 e. The van der Waals surface area contributed by atoms with Crippen LogP contribution in [0.4, 0.5) is 8.78 Å². The lowest BCUT2D eigenvalue weighted by atomic mass is 10.1. The van der Waals surface area contributed by atoms with Crippen molar-refractivity contribution in [3.05, 3.63) is 41.7 Å². The van der Waals surface area contributed by atoms with E-state index < -0.39 is 12.2 Å². The summed E-state index contributed by atoms with van der Waals surface area (Å²) in [5.74, 6) is -0.206. The van der Waals surface area contributed by atoms with Gasteiger partial charge in [-0.2, -0.15) is 9.97 Å². The van der Waals surface area contributed by atoms with Gasteiger partial charge in [-0.25, -0.2) is 18.7 Å². The maximum atomic E-state index is 13.7. The van der Waals surface area contributed by atoms with Crippen molar-refractivity contribution < 1.29 is 13.5 Å². The Labute approximate surface area is 163 Å². The first kappa shape index (κ1) is 17.4. The van der Waals surface area contributed by atoms with E-state index in [0.717, 1.165) is 12.8 Å². The number of alkyl halides is 2. The van der Waals surface area contributed by atoms with Gasteiger partial charge in [0, 0.05) is 19.3 Å². The summed E-state index contributed by atoms with van der Waals surface area (Å²) >= 11 is 6.18. The minimum Gasteiger partial charge on any atom is -0.381 e. The Morgan fingerprint density at radius 2 is 1.89 bits per heavy atom. The van der Waals surface area contributed by atoms with Crippen molar-refractivity contribution in [2.75, 3.05) is 13.2 Å². The average molecular weight is 405 g/mol. The number of nitrogens with zero attached hydrogens (tertiary/aromatic N) is 6. The minimum absolute atomic E-state index is 0.0330. The third-order valence-corrected chi connectivity index (χ3v) is 5.12. The van der Waals surface area contributed by atoms with Crippen molar-refractivity contribution in [3.63, 3.8) is 0 Å². The number of halogens is 3. The van der Waals surface area contributed by atoms with E-state index in [9.17, 15) is 8.78 Å². The molecule has 0 atom stereocenters. The van der Waals surface area contributed by atoms with E-state index >= 15 is 0 Å². The summed E-state index contributed by atoms with van der Waals surface area (Å²) in [6, 6.07) is 7.06. The van der Waals surface area contributed by atoms with Gasteiger partial charge in [-0.15, -0.1) is 0 Å². The van der Waals surface area contributed by atoms with Crippen LogP contribution in [0.3, 0.4) is 0 Å². The number of imidazole rings is 2. The maximum absolute atomic E-state index is 13.7. The van der Waals surface area contributed by atoms with Crippen molar-refractivity contribution in [1.82, 2.24) is 29.1 Å². The summed E-state index contributed by atoms with van der Waals surface area (Å²) in [7, 11) is 0. The zero-order valence-corrected chi connectivity index (χ0v) is 15.4. The van der Waals surface area contributed by atoms with E-state index in [1.807, 2.05) is 4.57 Å². The summed E-state index contributed by atoms with van der Waals surface area (Å²) < 4.78 is 36.2. The fraction of sp³-hybridized carbons (Fsp3) is 0.333. The predicted molar refractivity (Wildman–Crippen MR) is 99.0 cm³/mol. The van der Waals surface area contributed by atoms with Gasteiger partial charge in [-0.1, -0.05) is 12.1 Å². The number of aromatic nitrogens is 6. The molecule has 7 nitrogen and oxygen atoms in total. The van der Waals surface area contributed by atoms with Gasteiger partial charge in [0.15, 0.2) is 22.8 Å². The van der Waals surface area contributed by atoms with Gasteiger partial charge in [0.2, 0.25) is 5.28 Å². The summed E-state index contributed by atoms with van der Waals surface area (Å²) in [6.45, 7) is 1.30. The van der Waals surface area contributed by atoms with Gasteiger partial charge in [0.1, 0.15) is 0 Å². The van der Waals surface area contributed by atoms with Gasteiger partial charge in [0.25, 0.3) is 6.43 Å². The molecule has 0 amide bonds. The van der Waals surface area contributed by atoms with Crippen LogP contribution < -0.4 is 0 Å². The highest BCUT2D eigenvalue weighted by Crippen LogP contribution is 2.32. The van der Waals surface area contributed by atoms with Crippen LogP contribution in [0.15, 0.2) is 30.6 Å². The molecule has 0 aliphatic carbocycles. The number of hydrogen-bond acceptors (Lipinski definition) is 5. The first-order valence-electron chi connectivity index (χ1n) is 8.87. The van der Waals surface area contributed by atoms with Gasteiger partial charge in [-0.05, 0) is 36.6 Å². The normalized spacial score (nSPS) is 15.9. The van der Waals surface area contributed by atoms with Crippen molar-refractivity contribution in [2.24, 2.45) is 0 Å². The topological polar surface area (TPSA) is 70.7 Å². The Morgan fingerprint density at radius 1 is 1.11 bits per heavy atom. The molecule has 4 heterocycles. The van der Waals surface area contributed by atoms with Crippen LogP contribution in [-0.4, -0.2) is 42.3 Å².